The molecule has 1 N–H and O–H groups in total. The van der Waals surface area contributed by atoms with Crippen molar-refractivity contribution in [2.24, 2.45) is 7.05 Å². The van der Waals surface area contributed by atoms with Crippen molar-refractivity contribution in [1.82, 2.24) is 9.78 Å². The van der Waals surface area contributed by atoms with Gasteiger partial charge in [0.2, 0.25) is 5.75 Å². The normalized spacial score (nSPS) is 10.3. The Kier molecular flexibility index (Phi) is 2.80. The number of nitrogens with zero attached hydrogens (tertiary/aromatic N) is 3. The number of nitro groups is 1. The van der Waals surface area contributed by atoms with Crippen LogP contribution in [0.3, 0.4) is 0 Å². The number of aldehydes is 1. The Morgan fingerprint density at radius 2 is 2.22 bits per heavy atom. The van der Waals surface area contributed by atoms with E-state index in [0.29, 0.717) is 17.5 Å². The monoisotopic (exact) mass is 247 g/mol. The highest BCUT2D eigenvalue weighted by Crippen LogP contribution is 2.34. The molecule has 92 valence electrons. The van der Waals surface area contributed by atoms with Crippen LogP contribution < -0.4 is 0 Å². The first kappa shape index (κ1) is 11.8. The maximum Gasteiger partial charge on any atom is 0.312 e. The minimum Gasteiger partial charge on any atom is -0.502 e. The molecule has 1 aromatic carbocycles. The maximum absolute atomic E-state index is 10.8. The van der Waals surface area contributed by atoms with Crippen molar-refractivity contribution in [1.29, 1.82) is 0 Å². The summed E-state index contributed by atoms with van der Waals surface area (Å²) in [5.74, 6) is -0.624. The van der Waals surface area contributed by atoms with Crippen molar-refractivity contribution < 1.29 is 14.8 Å². The molecule has 0 aliphatic heterocycles. The second-order valence-corrected chi connectivity index (χ2v) is 3.65. The van der Waals surface area contributed by atoms with Gasteiger partial charge >= 0.3 is 5.69 Å². The molecular weight excluding hydrogens is 238 g/mol. The Morgan fingerprint density at radius 1 is 1.50 bits per heavy atom. The highest BCUT2D eigenvalue weighted by molar-refractivity contribution is 5.85. The van der Waals surface area contributed by atoms with Gasteiger partial charge in [-0.1, -0.05) is 0 Å². The Bertz CT molecular complexity index is 633. The number of aryl methyl sites for hydroxylation is 1. The number of rotatable bonds is 3. The first-order valence-electron chi connectivity index (χ1n) is 4.99. The van der Waals surface area contributed by atoms with Gasteiger partial charge in [0, 0.05) is 24.9 Å². The van der Waals surface area contributed by atoms with E-state index in [9.17, 15) is 20.0 Å². The molecule has 0 fully saturated rings. The van der Waals surface area contributed by atoms with Gasteiger partial charge in [-0.15, -0.1) is 0 Å². The van der Waals surface area contributed by atoms with E-state index >= 15 is 0 Å². The largest absolute Gasteiger partial charge is 0.502 e. The molecule has 0 saturated carbocycles. The number of carbonyl (C=O) groups is 1. The van der Waals surface area contributed by atoms with Crippen molar-refractivity contribution in [3.63, 3.8) is 0 Å². The molecule has 2 rings (SSSR count). The number of phenolic OH excluding ortho intramolecular Hbond substituents is 1. The molecule has 0 aliphatic rings. The first-order chi connectivity index (χ1) is 8.54. The predicted octanol–water partition coefficient (Wildman–Crippen LogP) is 1.51. The molecule has 7 nitrogen and oxygen atoms in total. The third-order valence-corrected chi connectivity index (χ3v) is 2.56. The van der Waals surface area contributed by atoms with Crippen LogP contribution in [0.2, 0.25) is 0 Å². The van der Waals surface area contributed by atoms with E-state index < -0.39 is 16.4 Å². The zero-order chi connectivity index (χ0) is 13.3. The van der Waals surface area contributed by atoms with Crippen LogP contribution in [0, 0.1) is 10.1 Å². The lowest BCUT2D eigenvalue weighted by atomic mass is 10.1. The Labute approximate surface area is 101 Å². The lowest BCUT2D eigenvalue weighted by Gasteiger charge is -2.05. The molecule has 0 saturated heterocycles. The van der Waals surface area contributed by atoms with Crippen molar-refractivity contribution in [3.8, 4) is 17.0 Å². The minimum absolute atomic E-state index is 0.125. The third kappa shape index (κ3) is 1.81. The molecule has 0 unspecified atom stereocenters. The SMILES string of the molecule is Cn1nccc1-c1cc(C=O)c(O)c([N+](=O)[O-])c1. The molecule has 0 amide bonds. The Balaban J connectivity index is 2.70. The molecule has 1 aromatic heterocycles. The molecule has 1 heterocycles. The molecule has 0 aliphatic carbocycles. The van der Waals surface area contributed by atoms with Gasteiger partial charge in [0.05, 0.1) is 16.2 Å². The number of aromatic hydroxyl groups is 1. The fraction of sp³-hybridized carbons (Fsp3) is 0.0909. The van der Waals surface area contributed by atoms with Gasteiger partial charge in [-0.05, 0) is 12.1 Å². The first-order valence-corrected chi connectivity index (χ1v) is 4.99. The molecule has 0 bridgehead atoms. The zero-order valence-corrected chi connectivity index (χ0v) is 9.40. The van der Waals surface area contributed by atoms with Crippen LogP contribution in [0.15, 0.2) is 24.4 Å². The van der Waals surface area contributed by atoms with E-state index in [-0.39, 0.29) is 5.56 Å². The number of hydrogen-bond donors (Lipinski definition) is 1. The van der Waals surface area contributed by atoms with Crippen LogP contribution in [0.25, 0.3) is 11.3 Å². The lowest BCUT2D eigenvalue weighted by Crippen LogP contribution is -1.97. The van der Waals surface area contributed by atoms with Crippen molar-refractivity contribution in [2.45, 2.75) is 0 Å². The second kappa shape index (κ2) is 4.28. The van der Waals surface area contributed by atoms with Gasteiger partial charge in [0.1, 0.15) is 0 Å². The number of nitro benzene ring substituents is 1. The van der Waals surface area contributed by atoms with E-state index in [2.05, 4.69) is 5.10 Å². The van der Waals surface area contributed by atoms with Gasteiger partial charge in [-0.25, -0.2) is 0 Å². The number of carbonyl (C=O) groups excluding carboxylic acids is 1. The molecule has 0 spiro atoms. The summed E-state index contributed by atoms with van der Waals surface area (Å²) >= 11 is 0. The highest BCUT2D eigenvalue weighted by atomic mass is 16.6. The predicted molar refractivity (Wildman–Crippen MR) is 62.4 cm³/mol. The van der Waals surface area contributed by atoms with Crippen LogP contribution in [-0.2, 0) is 7.05 Å². The number of aromatic nitrogens is 2. The van der Waals surface area contributed by atoms with Crippen LogP contribution >= 0.6 is 0 Å². The summed E-state index contributed by atoms with van der Waals surface area (Å²) in [5, 5.41) is 24.3. The quantitative estimate of drug-likeness (QED) is 0.503. The molecule has 2 aromatic rings. The van der Waals surface area contributed by atoms with Crippen molar-refractivity contribution >= 4 is 12.0 Å². The number of benzene rings is 1. The molecule has 7 heteroatoms. The molecular formula is C11H9N3O4. The van der Waals surface area contributed by atoms with E-state index in [0.717, 1.165) is 0 Å². The van der Waals surface area contributed by atoms with E-state index in [1.165, 1.54) is 23.0 Å². The summed E-state index contributed by atoms with van der Waals surface area (Å²) in [6.07, 6.45) is 1.91. The highest BCUT2D eigenvalue weighted by Gasteiger charge is 2.20. The topological polar surface area (TPSA) is 98.3 Å². The van der Waals surface area contributed by atoms with E-state index in [1.54, 1.807) is 13.1 Å². The fourth-order valence-electron chi connectivity index (χ4n) is 1.68. The summed E-state index contributed by atoms with van der Waals surface area (Å²) in [6.45, 7) is 0. The number of hydrogen-bond acceptors (Lipinski definition) is 5. The van der Waals surface area contributed by atoms with E-state index in [1.807, 2.05) is 0 Å². The molecule has 18 heavy (non-hydrogen) atoms. The Morgan fingerprint density at radius 3 is 2.72 bits per heavy atom. The minimum atomic E-state index is -0.734. The summed E-state index contributed by atoms with van der Waals surface area (Å²) in [7, 11) is 1.68. The van der Waals surface area contributed by atoms with E-state index in [4.69, 9.17) is 0 Å². The average Bonchev–Trinajstić information content (AvgIpc) is 2.75. The van der Waals surface area contributed by atoms with Crippen LogP contribution in [0.5, 0.6) is 5.75 Å². The van der Waals surface area contributed by atoms with Crippen LogP contribution in [0.4, 0.5) is 5.69 Å². The summed E-state index contributed by atoms with van der Waals surface area (Å²) in [6, 6.07) is 4.25. The van der Waals surface area contributed by atoms with Gasteiger partial charge < -0.3 is 5.11 Å². The average molecular weight is 247 g/mol. The maximum atomic E-state index is 10.8. The summed E-state index contributed by atoms with van der Waals surface area (Å²) < 4.78 is 1.52. The molecule has 0 radical (unpaired) electrons. The smallest absolute Gasteiger partial charge is 0.312 e. The van der Waals surface area contributed by atoms with Crippen molar-refractivity contribution in [3.05, 3.63) is 40.1 Å². The Hall–Kier alpha value is -2.70. The standard InChI is InChI=1S/C11H9N3O4/c1-13-9(2-3-12-13)7-4-8(6-15)11(16)10(5-7)14(17)18/h2-6,16H,1H3. The van der Waals surface area contributed by atoms with Gasteiger partial charge in [0.25, 0.3) is 0 Å². The second-order valence-electron chi connectivity index (χ2n) is 3.65. The third-order valence-electron chi connectivity index (χ3n) is 2.56. The number of phenols is 1. The van der Waals surface area contributed by atoms with Gasteiger partial charge in [0.15, 0.2) is 6.29 Å². The van der Waals surface area contributed by atoms with Crippen LogP contribution in [0.1, 0.15) is 10.4 Å². The zero-order valence-electron chi connectivity index (χ0n) is 9.40. The lowest BCUT2D eigenvalue weighted by molar-refractivity contribution is -0.385. The van der Waals surface area contributed by atoms with Crippen molar-refractivity contribution in [2.75, 3.05) is 0 Å². The molecule has 0 atom stereocenters. The van der Waals surface area contributed by atoms with Crippen LogP contribution in [-0.4, -0.2) is 26.1 Å². The van der Waals surface area contributed by atoms with Gasteiger partial charge in [-0.2, -0.15) is 5.10 Å². The fourth-order valence-corrected chi connectivity index (χ4v) is 1.68. The summed E-state index contributed by atoms with van der Waals surface area (Å²) in [4.78, 5) is 20.9. The summed E-state index contributed by atoms with van der Waals surface area (Å²) in [5.41, 5.74) is 0.430. The van der Waals surface area contributed by atoms with Gasteiger partial charge in [-0.3, -0.25) is 19.6 Å².